The van der Waals surface area contributed by atoms with Gasteiger partial charge < -0.3 is 15.2 Å². The first kappa shape index (κ1) is 17.9. The monoisotopic (exact) mass is 400 g/mol. The summed E-state index contributed by atoms with van der Waals surface area (Å²) in [5.41, 5.74) is 4.01. The number of pyridine rings is 1. The van der Waals surface area contributed by atoms with Gasteiger partial charge in [0.25, 0.3) is 0 Å². The molecule has 28 heavy (non-hydrogen) atoms. The van der Waals surface area contributed by atoms with E-state index in [0.29, 0.717) is 12.1 Å². The summed E-state index contributed by atoms with van der Waals surface area (Å²) in [7, 11) is 1.92. The molecule has 0 aliphatic carbocycles. The highest BCUT2D eigenvalue weighted by atomic mass is 35.5. The Kier molecular flexibility index (Phi) is 4.30. The molecule has 8 nitrogen and oxygen atoms in total. The minimum Gasteiger partial charge on any atom is -0.366 e. The number of piperazine rings is 1. The maximum Gasteiger partial charge on any atom is 0.159 e. The number of imidazole rings is 1. The predicted molar refractivity (Wildman–Crippen MR) is 111 cm³/mol. The fourth-order valence-corrected chi connectivity index (χ4v) is 5.05. The molecule has 2 unspecified atom stereocenters. The van der Waals surface area contributed by atoms with Gasteiger partial charge in [0.2, 0.25) is 0 Å². The molecule has 0 spiro atoms. The lowest BCUT2D eigenvalue weighted by atomic mass is 10.0. The summed E-state index contributed by atoms with van der Waals surface area (Å²) in [5, 5.41) is 7.69. The van der Waals surface area contributed by atoms with Gasteiger partial charge in [0, 0.05) is 63.7 Å². The summed E-state index contributed by atoms with van der Waals surface area (Å²) in [4.78, 5) is 18.1. The Bertz CT molecular complexity index is 979. The number of nitrogens with zero attached hydrogens (tertiary/aromatic N) is 6. The SMILES string of the molecule is Cl.Cn1cc(-c2nc3c(N4CC5CCC(C4)N5C4CNC4)ccnc3[nH]2)cn1. The van der Waals surface area contributed by atoms with Gasteiger partial charge in [-0.05, 0) is 18.9 Å². The molecule has 3 aliphatic rings. The fraction of sp³-hybridized carbons (Fsp3) is 0.526. The minimum absolute atomic E-state index is 0. The van der Waals surface area contributed by atoms with Crippen LogP contribution in [-0.2, 0) is 7.05 Å². The molecule has 2 N–H and O–H groups in total. The molecule has 2 atom stereocenters. The Morgan fingerprint density at radius 3 is 2.54 bits per heavy atom. The Morgan fingerprint density at radius 2 is 1.89 bits per heavy atom. The van der Waals surface area contributed by atoms with Crippen LogP contribution in [0.25, 0.3) is 22.6 Å². The number of anilines is 1. The summed E-state index contributed by atoms with van der Waals surface area (Å²) in [5.74, 6) is 0.834. The number of fused-ring (bicyclic) bond motifs is 3. The molecule has 6 heterocycles. The first-order valence-corrected chi connectivity index (χ1v) is 9.83. The largest absolute Gasteiger partial charge is 0.366 e. The van der Waals surface area contributed by atoms with Crippen molar-refractivity contribution in [2.75, 3.05) is 31.1 Å². The molecule has 3 aliphatic heterocycles. The Morgan fingerprint density at radius 1 is 1.11 bits per heavy atom. The highest BCUT2D eigenvalue weighted by Gasteiger charge is 2.45. The molecule has 3 saturated heterocycles. The summed E-state index contributed by atoms with van der Waals surface area (Å²) in [6.45, 7) is 4.48. The zero-order valence-electron chi connectivity index (χ0n) is 15.9. The second-order valence-electron chi connectivity index (χ2n) is 8.06. The van der Waals surface area contributed by atoms with Crippen LogP contribution in [0.1, 0.15) is 12.8 Å². The molecular weight excluding hydrogens is 376 g/mol. The lowest BCUT2D eigenvalue weighted by Gasteiger charge is -2.48. The quantitative estimate of drug-likeness (QED) is 0.692. The van der Waals surface area contributed by atoms with E-state index >= 15 is 0 Å². The highest BCUT2D eigenvalue weighted by Crippen LogP contribution is 2.36. The van der Waals surface area contributed by atoms with Crippen LogP contribution in [0.3, 0.4) is 0 Å². The van der Waals surface area contributed by atoms with E-state index in [0.717, 1.165) is 54.8 Å². The van der Waals surface area contributed by atoms with Gasteiger partial charge in [-0.25, -0.2) is 9.97 Å². The van der Waals surface area contributed by atoms with Crippen LogP contribution in [0.5, 0.6) is 0 Å². The molecule has 6 rings (SSSR count). The van der Waals surface area contributed by atoms with Crippen LogP contribution >= 0.6 is 12.4 Å². The molecule has 0 radical (unpaired) electrons. The summed E-state index contributed by atoms with van der Waals surface area (Å²) < 4.78 is 1.79. The first-order chi connectivity index (χ1) is 13.3. The number of halogens is 1. The van der Waals surface area contributed by atoms with E-state index in [1.165, 1.54) is 18.5 Å². The third-order valence-electron chi connectivity index (χ3n) is 6.40. The number of nitrogens with one attached hydrogen (secondary N) is 2. The zero-order valence-corrected chi connectivity index (χ0v) is 16.7. The molecule has 0 saturated carbocycles. The van der Waals surface area contributed by atoms with E-state index < -0.39 is 0 Å². The van der Waals surface area contributed by atoms with E-state index in [9.17, 15) is 0 Å². The van der Waals surface area contributed by atoms with Crippen molar-refractivity contribution in [1.29, 1.82) is 0 Å². The lowest BCUT2D eigenvalue weighted by molar-refractivity contribution is 0.0771. The van der Waals surface area contributed by atoms with E-state index in [2.05, 4.69) is 36.2 Å². The van der Waals surface area contributed by atoms with Crippen LogP contribution in [0.2, 0.25) is 0 Å². The Hall–Kier alpha value is -2.16. The van der Waals surface area contributed by atoms with Crippen molar-refractivity contribution in [1.82, 2.24) is 34.9 Å². The van der Waals surface area contributed by atoms with E-state index in [4.69, 9.17) is 4.98 Å². The normalized spacial score (nSPS) is 25.1. The number of hydrogen-bond donors (Lipinski definition) is 2. The summed E-state index contributed by atoms with van der Waals surface area (Å²) in [6.07, 6.45) is 8.33. The second-order valence-corrected chi connectivity index (χ2v) is 8.06. The zero-order chi connectivity index (χ0) is 18.0. The van der Waals surface area contributed by atoms with Gasteiger partial charge in [-0.15, -0.1) is 12.4 Å². The maximum atomic E-state index is 4.89. The van der Waals surface area contributed by atoms with Gasteiger partial charge >= 0.3 is 0 Å². The average molecular weight is 401 g/mol. The number of hydrogen-bond acceptors (Lipinski definition) is 6. The van der Waals surface area contributed by atoms with Crippen molar-refractivity contribution in [3.8, 4) is 11.4 Å². The van der Waals surface area contributed by atoms with E-state index in [1.807, 2.05) is 25.6 Å². The van der Waals surface area contributed by atoms with Crippen LogP contribution in [0.15, 0.2) is 24.7 Å². The Balaban J connectivity index is 0.00000171. The molecule has 3 aromatic rings. The van der Waals surface area contributed by atoms with Crippen molar-refractivity contribution >= 4 is 29.3 Å². The second kappa shape index (κ2) is 6.72. The van der Waals surface area contributed by atoms with E-state index in [1.54, 1.807) is 4.68 Å². The first-order valence-electron chi connectivity index (χ1n) is 9.83. The third kappa shape index (κ3) is 2.70. The van der Waals surface area contributed by atoms with Gasteiger partial charge in [0.1, 0.15) is 11.3 Å². The number of H-pyrrole nitrogens is 1. The number of aryl methyl sites for hydroxylation is 1. The average Bonchev–Trinajstić information content (AvgIpc) is 3.29. The summed E-state index contributed by atoms with van der Waals surface area (Å²) in [6, 6.07) is 4.19. The van der Waals surface area contributed by atoms with Gasteiger partial charge in [0.15, 0.2) is 5.65 Å². The molecule has 3 fully saturated rings. The molecular formula is C19H25ClN8. The van der Waals surface area contributed by atoms with Crippen molar-refractivity contribution in [3.63, 3.8) is 0 Å². The van der Waals surface area contributed by atoms with Crippen molar-refractivity contribution in [2.24, 2.45) is 7.05 Å². The molecule has 3 aromatic heterocycles. The Labute approximate surface area is 169 Å². The van der Waals surface area contributed by atoms with Crippen molar-refractivity contribution < 1.29 is 0 Å². The fourth-order valence-electron chi connectivity index (χ4n) is 5.05. The third-order valence-corrected chi connectivity index (χ3v) is 6.40. The van der Waals surface area contributed by atoms with Gasteiger partial charge in [-0.3, -0.25) is 9.58 Å². The molecule has 2 bridgehead atoms. The van der Waals surface area contributed by atoms with Gasteiger partial charge in [-0.2, -0.15) is 5.10 Å². The minimum atomic E-state index is 0. The van der Waals surface area contributed by atoms with Gasteiger partial charge in [0.05, 0.1) is 17.4 Å². The molecule has 0 amide bonds. The van der Waals surface area contributed by atoms with Crippen LogP contribution in [0, 0.1) is 0 Å². The smallest absolute Gasteiger partial charge is 0.159 e. The topological polar surface area (TPSA) is 77.9 Å². The van der Waals surface area contributed by atoms with Crippen LogP contribution in [-0.4, -0.2) is 73.9 Å². The van der Waals surface area contributed by atoms with Crippen LogP contribution in [0.4, 0.5) is 5.69 Å². The number of aromatic nitrogens is 5. The predicted octanol–water partition coefficient (Wildman–Crippen LogP) is 1.40. The number of rotatable bonds is 3. The molecule has 148 valence electrons. The number of aromatic amines is 1. The van der Waals surface area contributed by atoms with Gasteiger partial charge in [-0.1, -0.05) is 0 Å². The molecule has 9 heteroatoms. The van der Waals surface area contributed by atoms with Crippen molar-refractivity contribution in [2.45, 2.75) is 31.0 Å². The highest BCUT2D eigenvalue weighted by molar-refractivity contribution is 5.88. The standard InChI is InChI=1S/C19H24N8.ClH/c1-25-9-12(6-22-25)18-23-17-16(4-5-21-19(17)24-18)26-10-13-2-3-14(11-26)27(13)15-7-20-8-15;/h4-6,9,13-15,20H,2-3,7-8,10-11H2,1H3,(H,21,23,24);1H. The lowest BCUT2D eigenvalue weighted by Crippen LogP contribution is -2.65. The maximum absolute atomic E-state index is 4.89. The van der Waals surface area contributed by atoms with Crippen molar-refractivity contribution in [3.05, 3.63) is 24.7 Å². The van der Waals surface area contributed by atoms with Crippen LogP contribution < -0.4 is 10.2 Å². The van der Waals surface area contributed by atoms with E-state index in [-0.39, 0.29) is 12.4 Å². The summed E-state index contributed by atoms with van der Waals surface area (Å²) >= 11 is 0. The molecule has 0 aromatic carbocycles.